The first-order valence-corrected chi connectivity index (χ1v) is 7.37. The first kappa shape index (κ1) is 16.8. The van der Waals surface area contributed by atoms with Gasteiger partial charge in [0.2, 0.25) is 0 Å². The van der Waals surface area contributed by atoms with Crippen LogP contribution < -0.4 is 10.1 Å². The molecule has 0 radical (unpaired) electrons. The van der Waals surface area contributed by atoms with Gasteiger partial charge in [-0.1, -0.05) is 13.8 Å². The van der Waals surface area contributed by atoms with E-state index in [2.05, 4.69) is 19.2 Å². The molecule has 0 aromatic heterocycles. The minimum Gasteiger partial charge on any atom is -0.491 e. The molecular weight excluding hydrogens is 252 g/mol. The lowest BCUT2D eigenvalue weighted by Gasteiger charge is -2.18. The van der Waals surface area contributed by atoms with Crippen LogP contribution in [0.5, 0.6) is 5.75 Å². The Morgan fingerprint density at radius 2 is 1.75 bits per heavy atom. The third-order valence-electron chi connectivity index (χ3n) is 3.23. The molecule has 0 saturated heterocycles. The van der Waals surface area contributed by atoms with Gasteiger partial charge < -0.3 is 20.1 Å². The lowest BCUT2D eigenvalue weighted by atomic mass is 10.1. The van der Waals surface area contributed by atoms with E-state index in [1.165, 1.54) is 0 Å². The average molecular weight is 280 g/mol. The molecular formula is C16H28N2O2. The molecule has 1 rings (SSSR count). The summed E-state index contributed by atoms with van der Waals surface area (Å²) in [5.74, 6) is 0.790. The Hall–Kier alpha value is -1.26. The Morgan fingerprint density at radius 3 is 2.25 bits per heavy atom. The van der Waals surface area contributed by atoms with Crippen LogP contribution in [-0.4, -0.2) is 49.4 Å². The third kappa shape index (κ3) is 6.26. The number of aliphatic hydroxyl groups is 1. The predicted molar refractivity (Wildman–Crippen MR) is 84.5 cm³/mol. The number of rotatable bonds is 9. The molecule has 0 amide bonds. The molecule has 1 atom stereocenters. The maximum Gasteiger partial charge on any atom is 0.119 e. The molecule has 0 aliphatic rings. The van der Waals surface area contributed by atoms with Crippen LogP contribution in [0, 0.1) is 0 Å². The SMILES string of the molecule is CCC(CC)Nc1ccc(OCC(O)CN(C)C)cc1. The van der Waals surface area contributed by atoms with E-state index in [0.717, 1.165) is 24.3 Å². The maximum absolute atomic E-state index is 9.74. The first-order valence-electron chi connectivity index (χ1n) is 7.37. The monoisotopic (exact) mass is 280 g/mol. The zero-order valence-corrected chi connectivity index (χ0v) is 13.1. The fraction of sp³-hybridized carbons (Fsp3) is 0.625. The van der Waals surface area contributed by atoms with Gasteiger partial charge in [0.25, 0.3) is 0 Å². The number of nitrogens with zero attached hydrogens (tertiary/aromatic N) is 1. The van der Waals surface area contributed by atoms with Crippen molar-refractivity contribution in [3.8, 4) is 5.75 Å². The van der Waals surface area contributed by atoms with Gasteiger partial charge in [0, 0.05) is 18.3 Å². The Labute approximate surface area is 122 Å². The number of hydrogen-bond acceptors (Lipinski definition) is 4. The predicted octanol–water partition coefficient (Wildman–Crippen LogP) is 2.59. The van der Waals surface area contributed by atoms with Gasteiger partial charge in [-0.05, 0) is 51.2 Å². The van der Waals surface area contributed by atoms with Crippen molar-refractivity contribution < 1.29 is 9.84 Å². The molecule has 1 aromatic carbocycles. The molecule has 0 heterocycles. The van der Waals surface area contributed by atoms with Gasteiger partial charge in [0.1, 0.15) is 18.5 Å². The Morgan fingerprint density at radius 1 is 1.15 bits per heavy atom. The highest BCUT2D eigenvalue weighted by molar-refractivity contribution is 5.47. The van der Waals surface area contributed by atoms with Crippen LogP contribution in [0.4, 0.5) is 5.69 Å². The van der Waals surface area contributed by atoms with Crippen molar-refractivity contribution in [1.29, 1.82) is 0 Å². The quantitative estimate of drug-likeness (QED) is 0.730. The zero-order valence-electron chi connectivity index (χ0n) is 13.1. The van der Waals surface area contributed by atoms with Crippen LogP contribution in [0.2, 0.25) is 0 Å². The number of anilines is 1. The summed E-state index contributed by atoms with van der Waals surface area (Å²) in [6, 6.07) is 8.43. The number of likely N-dealkylation sites (N-methyl/N-ethyl adjacent to an activating group) is 1. The molecule has 0 fully saturated rings. The first-order chi connectivity index (χ1) is 9.55. The van der Waals surface area contributed by atoms with Gasteiger partial charge in [-0.15, -0.1) is 0 Å². The summed E-state index contributed by atoms with van der Waals surface area (Å²) in [7, 11) is 3.86. The Kier molecular flexibility index (Phi) is 7.41. The molecule has 4 heteroatoms. The summed E-state index contributed by atoms with van der Waals surface area (Å²) in [4.78, 5) is 1.94. The van der Waals surface area contributed by atoms with E-state index in [9.17, 15) is 5.11 Å². The van der Waals surface area contributed by atoms with Gasteiger partial charge in [-0.2, -0.15) is 0 Å². The minimum absolute atomic E-state index is 0.317. The van der Waals surface area contributed by atoms with Gasteiger partial charge in [0.05, 0.1) is 0 Å². The summed E-state index contributed by atoms with van der Waals surface area (Å²) >= 11 is 0. The Bertz CT molecular complexity index is 361. The van der Waals surface area contributed by atoms with Crippen LogP contribution in [0.15, 0.2) is 24.3 Å². The second-order valence-corrected chi connectivity index (χ2v) is 5.41. The van der Waals surface area contributed by atoms with Gasteiger partial charge in [-0.25, -0.2) is 0 Å². The molecule has 0 aliphatic carbocycles. The number of aliphatic hydroxyl groups excluding tert-OH is 1. The highest BCUT2D eigenvalue weighted by Crippen LogP contribution is 2.17. The molecule has 114 valence electrons. The van der Waals surface area contributed by atoms with Gasteiger partial charge in [-0.3, -0.25) is 0 Å². The normalized spacial score (nSPS) is 12.8. The largest absolute Gasteiger partial charge is 0.491 e. The maximum atomic E-state index is 9.74. The van der Waals surface area contributed by atoms with E-state index in [4.69, 9.17) is 4.74 Å². The van der Waals surface area contributed by atoms with E-state index in [-0.39, 0.29) is 0 Å². The molecule has 4 nitrogen and oxygen atoms in total. The number of hydrogen-bond donors (Lipinski definition) is 2. The summed E-state index contributed by atoms with van der Waals surface area (Å²) in [6.45, 7) is 5.29. The number of benzene rings is 1. The van der Waals surface area contributed by atoms with Crippen molar-refractivity contribution in [1.82, 2.24) is 4.90 Å². The van der Waals surface area contributed by atoms with Crippen molar-refractivity contribution >= 4 is 5.69 Å². The van der Waals surface area contributed by atoms with E-state index in [1.807, 2.05) is 43.3 Å². The third-order valence-corrected chi connectivity index (χ3v) is 3.23. The highest BCUT2D eigenvalue weighted by atomic mass is 16.5. The molecule has 1 unspecified atom stereocenters. The lowest BCUT2D eigenvalue weighted by Crippen LogP contribution is -2.30. The Balaban J connectivity index is 2.42. The molecule has 0 bridgehead atoms. The van der Waals surface area contributed by atoms with Crippen molar-refractivity contribution in [2.24, 2.45) is 0 Å². The number of nitrogens with one attached hydrogen (secondary N) is 1. The molecule has 20 heavy (non-hydrogen) atoms. The van der Waals surface area contributed by atoms with Crippen molar-refractivity contribution in [3.05, 3.63) is 24.3 Å². The number of ether oxygens (including phenoxy) is 1. The van der Waals surface area contributed by atoms with Crippen LogP contribution in [0.25, 0.3) is 0 Å². The topological polar surface area (TPSA) is 44.7 Å². The van der Waals surface area contributed by atoms with E-state index in [1.54, 1.807) is 0 Å². The average Bonchev–Trinajstić information content (AvgIpc) is 2.43. The van der Waals surface area contributed by atoms with E-state index < -0.39 is 6.10 Å². The molecule has 1 aromatic rings. The fourth-order valence-electron chi connectivity index (χ4n) is 2.04. The molecule has 0 spiro atoms. The standard InChI is InChI=1S/C16H28N2O2/c1-5-13(6-2)17-14-7-9-16(10-8-14)20-12-15(19)11-18(3)4/h7-10,13,15,17,19H,5-6,11-12H2,1-4H3. The molecule has 2 N–H and O–H groups in total. The van der Waals surface area contributed by atoms with Gasteiger partial charge in [0.15, 0.2) is 0 Å². The van der Waals surface area contributed by atoms with E-state index >= 15 is 0 Å². The molecule has 0 aliphatic heterocycles. The van der Waals surface area contributed by atoms with Gasteiger partial charge >= 0.3 is 0 Å². The van der Waals surface area contributed by atoms with E-state index in [0.29, 0.717) is 19.2 Å². The zero-order chi connectivity index (χ0) is 15.0. The summed E-state index contributed by atoms with van der Waals surface area (Å²) in [5.41, 5.74) is 1.11. The second-order valence-electron chi connectivity index (χ2n) is 5.41. The van der Waals surface area contributed by atoms with Crippen molar-refractivity contribution in [2.75, 3.05) is 32.6 Å². The highest BCUT2D eigenvalue weighted by Gasteiger charge is 2.07. The fourth-order valence-corrected chi connectivity index (χ4v) is 2.04. The summed E-state index contributed by atoms with van der Waals surface area (Å²) < 4.78 is 5.58. The van der Waals surface area contributed by atoms with Crippen LogP contribution in [-0.2, 0) is 0 Å². The van der Waals surface area contributed by atoms with Crippen molar-refractivity contribution in [2.45, 2.75) is 38.8 Å². The van der Waals surface area contributed by atoms with Crippen molar-refractivity contribution in [3.63, 3.8) is 0 Å². The second kappa shape index (κ2) is 8.82. The smallest absolute Gasteiger partial charge is 0.119 e. The van der Waals surface area contributed by atoms with Crippen LogP contribution in [0.3, 0.4) is 0 Å². The lowest BCUT2D eigenvalue weighted by molar-refractivity contribution is 0.0831. The summed E-state index contributed by atoms with van der Waals surface area (Å²) in [6.07, 6.45) is 1.77. The molecule has 0 saturated carbocycles. The minimum atomic E-state index is -0.465. The van der Waals surface area contributed by atoms with Crippen LogP contribution >= 0.6 is 0 Å². The van der Waals surface area contributed by atoms with Crippen LogP contribution in [0.1, 0.15) is 26.7 Å². The summed E-state index contributed by atoms with van der Waals surface area (Å²) in [5, 5.41) is 13.2.